The molecule has 2 rings (SSSR count). The van der Waals surface area contributed by atoms with E-state index in [4.69, 9.17) is 10.5 Å². The van der Waals surface area contributed by atoms with E-state index in [0.717, 1.165) is 18.6 Å². The third kappa shape index (κ3) is 4.03. The molecule has 1 atom stereocenters. The minimum atomic E-state index is 0.192. The van der Waals surface area contributed by atoms with E-state index in [1.807, 2.05) is 18.2 Å². The smallest absolute Gasteiger partial charge is 0.212 e. The van der Waals surface area contributed by atoms with Gasteiger partial charge in [-0.2, -0.15) is 4.80 Å². The van der Waals surface area contributed by atoms with E-state index in [2.05, 4.69) is 28.4 Å². The maximum atomic E-state index is 5.95. The van der Waals surface area contributed by atoms with Crippen LogP contribution in [0.5, 0.6) is 5.75 Å². The molecule has 0 aliphatic heterocycles. The Labute approximate surface area is 112 Å². The van der Waals surface area contributed by atoms with Crippen molar-refractivity contribution in [2.75, 3.05) is 0 Å². The first kappa shape index (κ1) is 13.5. The summed E-state index contributed by atoms with van der Waals surface area (Å²) in [7, 11) is 1.73. The SMILES string of the molecule is CCC(N)Cc1cccc(OCc2nnn(C)n2)c1. The Hall–Kier alpha value is -1.95. The van der Waals surface area contributed by atoms with Crippen LogP contribution in [0.3, 0.4) is 0 Å². The standard InChI is InChI=1S/C13H19N5O/c1-3-11(14)7-10-5-4-6-12(8-10)19-9-13-15-17-18(2)16-13/h4-6,8,11H,3,7,9,14H2,1-2H3. The van der Waals surface area contributed by atoms with Crippen molar-refractivity contribution in [2.45, 2.75) is 32.4 Å². The van der Waals surface area contributed by atoms with E-state index in [1.54, 1.807) is 7.05 Å². The van der Waals surface area contributed by atoms with E-state index in [-0.39, 0.29) is 6.04 Å². The Morgan fingerprint density at radius 1 is 1.42 bits per heavy atom. The van der Waals surface area contributed by atoms with E-state index in [9.17, 15) is 0 Å². The van der Waals surface area contributed by atoms with Crippen molar-refractivity contribution in [1.82, 2.24) is 20.2 Å². The van der Waals surface area contributed by atoms with Crippen LogP contribution < -0.4 is 10.5 Å². The summed E-state index contributed by atoms with van der Waals surface area (Å²) in [5.74, 6) is 1.37. The number of hydrogen-bond acceptors (Lipinski definition) is 5. The summed E-state index contributed by atoms with van der Waals surface area (Å²) in [4.78, 5) is 1.41. The number of benzene rings is 1. The van der Waals surface area contributed by atoms with Gasteiger partial charge in [0.1, 0.15) is 5.75 Å². The van der Waals surface area contributed by atoms with E-state index >= 15 is 0 Å². The number of aryl methyl sites for hydroxylation is 1. The van der Waals surface area contributed by atoms with Gasteiger partial charge in [0.25, 0.3) is 0 Å². The van der Waals surface area contributed by atoms with Crippen LogP contribution in [0.25, 0.3) is 0 Å². The van der Waals surface area contributed by atoms with Crippen LogP contribution in [0.2, 0.25) is 0 Å². The molecule has 1 aromatic heterocycles. The van der Waals surface area contributed by atoms with Crippen LogP contribution in [0.4, 0.5) is 0 Å². The third-order valence-electron chi connectivity index (χ3n) is 2.84. The first-order valence-electron chi connectivity index (χ1n) is 6.37. The van der Waals surface area contributed by atoms with Crippen LogP contribution in [-0.4, -0.2) is 26.2 Å². The topological polar surface area (TPSA) is 78.9 Å². The summed E-state index contributed by atoms with van der Waals surface area (Å²) in [6.07, 6.45) is 1.83. The minimum absolute atomic E-state index is 0.192. The van der Waals surface area contributed by atoms with Crippen LogP contribution in [0.1, 0.15) is 24.7 Å². The molecule has 1 heterocycles. The maximum absolute atomic E-state index is 5.95. The summed E-state index contributed by atoms with van der Waals surface area (Å²) in [5.41, 5.74) is 7.13. The second-order valence-electron chi connectivity index (χ2n) is 4.50. The zero-order chi connectivity index (χ0) is 13.7. The normalized spacial score (nSPS) is 12.4. The van der Waals surface area contributed by atoms with Gasteiger partial charge < -0.3 is 10.5 Å². The van der Waals surface area contributed by atoms with E-state index in [1.165, 1.54) is 10.4 Å². The fraction of sp³-hybridized carbons (Fsp3) is 0.462. The molecule has 0 saturated heterocycles. The first-order chi connectivity index (χ1) is 9.17. The molecule has 0 amide bonds. The lowest BCUT2D eigenvalue weighted by atomic mass is 10.0. The largest absolute Gasteiger partial charge is 0.485 e. The number of nitrogens with zero attached hydrogens (tertiary/aromatic N) is 4. The number of nitrogens with two attached hydrogens (primary N) is 1. The monoisotopic (exact) mass is 261 g/mol. The summed E-state index contributed by atoms with van der Waals surface area (Å²) in [6.45, 7) is 2.40. The van der Waals surface area contributed by atoms with Gasteiger partial charge in [-0.15, -0.1) is 10.2 Å². The molecule has 2 aromatic rings. The van der Waals surface area contributed by atoms with Crippen molar-refractivity contribution in [3.8, 4) is 5.75 Å². The summed E-state index contributed by atoms with van der Waals surface area (Å²) in [5, 5.41) is 11.7. The minimum Gasteiger partial charge on any atom is -0.485 e. The molecule has 6 nitrogen and oxygen atoms in total. The fourth-order valence-electron chi connectivity index (χ4n) is 1.74. The van der Waals surface area contributed by atoms with Crippen LogP contribution in [-0.2, 0) is 20.1 Å². The average molecular weight is 261 g/mol. The molecule has 2 N–H and O–H groups in total. The van der Waals surface area contributed by atoms with Gasteiger partial charge in [-0.05, 0) is 35.8 Å². The number of rotatable bonds is 6. The van der Waals surface area contributed by atoms with Gasteiger partial charge in [0.05, 0.1) is 7.05 Å². The van der Waals surface area contributed by atoms with Gasteiger partial charge in [0, 0.05) is 6.04 Å². The summed E-state index contributed by atoms with van der Waals surface area (Å²) in [6, 6.07) is 8.14. The fourth-order valence-corrected chi connectivity index (χ4v) is 1.74. The second-order valence-corrected chi connectivity index (χ2v) is 4.50. The van der Waals surface area contributed by atoms with Crippen molar-refractivity contribution in [2.24, 2.45) is 12.8 Å². The Balaban J connectivity index is 1.95. The number of ether oxygens (including phenoxy) is 1. The highest BCUT2D eigenvalue weighted by Gasteiger charge is 2.05. The van der Waals surface area contributed by atoms with Gasteiger partial charge in [-0.1, -0.05) is 19.1 Å². The van der Waals surface area contributed by atoms with Crippen LogP contribution in [0, 0.1) is 0 Å². The number of hydrogen-bond donors (Lipinski definition) is 1. The molecule has 19 heavy (non-hydrogen) atoms. The number of aromatic nitrogens is 4. The van der Waals surface area contributed by atoms with Crippen molar-refractivity contribution >= 4 is 0 Å². The molecule has 0 saturated carbocycles. The van der Waals surface area contributed by atoms with Gasteiger partial charge in [-0.25, -0.2) is 0 Å². The molecule has 0 aliphatic rings. The molecule has 0 spiro atoms. The predicted molar refractivity (Wildman–Crippen MR) is 71.5 cm³/mol. The molecule has 0 fully saturated rings. The first-order valence-corrected chi connectivity index (χ1v) is 6.37. The highest BCUT2D eigenvalue weighted by molar-refractivity contribution is 5.29. The Bertz CT molecular complexity index is 525. The Morgan fingerprint density at radius 3 is 2.95 bits per heavy atom. The van der Waals surface area contributed by atoms with Gasteiger partial charge in [0.15, 0.2) is 6.61 Å². The zero-order valence-electron chi connectivity index (χ0n) is 11.3. The van der Waals surface area contributed by atoms with Crippen molar-refractivity contribution in [3.05, 3.63) is 35.7 Å². The molecule has 0 bridgehead atoms. The van der Waals surface area contributed by atoms with Gasteiger partial charge >= 0.3 is 0 Å². The molecule has 1 unspecified atom stereocenters. The maximum Gasteiger partial charge on any atom is 0.212 e. The molecular formula is C13H19N5O. The molecule has 0 aliphatic carbocycles. The van der Waals surface area contributed by atoms with Crippen molar-refractivity contribution in [3.63, 3.8) is 0 Å². The van der Waals surface area contributed by atoms with Gasteiger partial charge in [0.2, 0.25) is 5.82 Å². The molecule has 0 radical (unpaired) electrons. The molecular weight excluding hydrogens is 242 g/mol. The average Bonchev–Trinajstić information content (AvgIpc) is 2.82. The van der Waals surface area contributed by atoms with Crippen LogP contribution >= 0.6 is 0 Å². The Kier molecular flexibility index (Phi) is 4.46. The quantitative estimate of drug-likeness (QED) is 0.841. The number of tetrazole rings is 1. The second kappa shape index (κ2) is 6.29. The predicted octanol–water partition coefficient (Wildman–Crippen LogP) is 1.07. The lowest BCUT2D eigenvalue weighted by Gasteiger charge is -2.10. The van der Waals surface area contributed by atoms with Crippen LogP contribution in [0.15, 0.2) is 24.3 Å². The summed E-state index contributed by atoms with van der Waals surface area (Å²) >= 11 is 0. The highest BCUT2D eigenvalue weighted by Crippen LogP contribution is 2.15. The van der Waals surface area contributed by atoms with E-state index in [0.29, 0.717) is 12.4 Å². The lowest BCUT2D eigenvalue weighted by Crippen LogP contribution is -2.21. The zero-order valence-corrected chi connectivity index (χ0v) is 11.3. The third-order valence-corrected chi connectivity index (χ3v) is 2.84. The molecule has 1 aromatic carbocycles. The lowest BCUT2D eigenvalue weighted by molar-refractivity contribution is 0.295. The van der Waals surface area contributed by atoms with Crippen molar-refractivity contribution in [1.29, 1.82) is 0 Å². The van der Waals surface area contributed by atoms with Gasteiger partial charge in [-0.3, -0.25) is 0 Å². The highest BCUT2D eigenvalue weighted by atomic mass is 16.5. The Morgan fingerprint density at radius 2 is 2.26 bits per heavy atom. The molecule has 6 heteroatoms. The molecule has 102 valence electrons. The van der Waals surface area contributed by atoms with E-state index < -0.39 is 0 Å². The summed E-state index contributed by atoms with van der Waals surface area (Å²) < 4.78 is 5.64. The van der Waals surface area contributed by atoms with Crippen molar-refractivity contribution < 1.29 is 4.74 Å².